The number of anilines is 1. The van der Waals surface area contributed by atoms with Crippen LogP contribution in [0.5, 0.6) is 5.75 Å². The van der Waals surface area contributed by atoms with E-state index >= 15 is 0 Å². The lowest BCUT2D eigenvalue weighted by atomic mass is 9.88. The topological polar surface area (TPSA) is 137 Å². The Morgan fingerprint density at radius 1 is 1.42 bits per heavy atom. The summed E-state index contributed by atoms with van der Waals surface area (Å²) in [6, 6.07) is 3.91. The average molecular weight is 463 g/mol. The fraction of sp³-hybridized carbons (Fsp3) is 0.350. The van der Waals surface area contributed by atoms with Crippen molar-refractivity contribution in [1.29, 1.82) is 0 Å². The first-order chi connectivity index (χ1) is 14.7. The molecular formula is C20H22N4O5S2. The van der Waals surface area contributed by atoms with Gasteiger partial charge in [-0.2, -0.15) is 0 Å². The van der Waals surface area contributed by atoms with Gasteiger partial charge in [0.25, 0.3) is 11.8 Å². The molecule has 1 heterocycles. The lowest BCUT2D eigenvalue weighted by molar-refractivity contribution is -0.385. The van der Waals surface area contributed by atoms with E-state index in [2.05, 4.69) is 17.6 Å². The van der Waals surface area contributed by atoms with Gasteiger partial charge in [0.15, 0.2) is 10.9 Å². The molecule has 3 rings (SSSR count). The quantitative estimate of drug-likeness (QED) is 0.340. The van der Waals surface area contributed by atoms with E-state index in [-0.39, 0.29) is 28.7 Å². The molecule has 4 N–H and O–H groups in total. The number of carbonyl (C=O) groups excluding carboxylic acids is 2. The molecule has 2 aromatic rings. The number of rotatable bonds is 6. The predicted octanol–water partition coefficient (Wildman–Crippen LogP) is 3.41. The number of hydrogen-bond donors (Lipinski definition) is 3. The maximum absolute atomic E-state index is 12.6. The van der Waals surface area contributed by atoms with Gasteiger partial charge in [0.1, 0.15) is 5.00 Å². The zero-order valence-electron chi connectivity index (χ0n) is 17.0. The summed E-state index contributed by atoms with van der Waals surface area (Å²) >= 11 is 6.63. The van der Waals surface area contributed by atoms with Crippen molar-refractivity contribution in [3.63, 3.8) is 0 Å². The summed E-state index contributed by atoms with van der Waals surface area (Å²) in [5, 5.41) is 17.1. The SMILES string of the molecule is CCOc1ccc(C(=O)NC(=S)Nc2sc3c(c2C(N)=O)CCC(C)C3)cc1[N+](=O)[O-]. The van der Waals surface area contributed by atoms with E-state index < -0.39 is 16.7 Å². The summed E-state index contributed by atoms with van der Waals surface area (Å²) in [4.78, 5) is 36.3. The lowest BCUT2D eigenvalue weighted by Crippen LogP contribution is -2.34. The molecule has 0 spiro atoms. The van der Waals surface area contributed by atoms with Crippen molar-refractivity contribution < 1.29 is 19.2 Å². The maximum atomic E-state index is 12.6. The number of nitrogens with zero attached hydrogens (tertiary/aromatic N) is 1. The fourth-order valence-electron chi connectivity index (χ4n) is 3.49. The minimum absolute atomic E-state index is 0.0318. The second-order valence-corrected chi connectivity index (χ2v) is 8.71. The third-order valence-corrected chi connectivity index (χ3v) is 6.30. The zero-order chi connectivity index (χ0) is 22.7. The Kier molecular flexibility index (Phi) is 6.86. The van der Waals surface area contributed by atoms with Crippen LogP contribution >= 0.6 is 23.6 Å². The highest BCUT2D eigenvalue weighted by Crippen LogP contribution is 2.39. The van der Waals surface area contributed by atoms with Crippen LogP contribution in [0.25, 0.3) is 0 Å². The number of nitro benzene ring substituents is 1. The number of benzene rings is 1. The Labute approximate surface area is 188 Å². The van der Waals surface area contributed by atoms with Gasteiger partial charge in [-0.05, 0) is 62.0 Å². The van der Waals surface area contributed by atoms with E-state index in [0.29, 0.717) is 16.5 Å². The first-order valence-electron chi connectivity index (χ1n) is 9.69. The standard InChI is InChI=1S/C20H22N4O5S2/c1-3-29-14-7-5-11(9-13(14)24(27)28)18(26)22-20(30)23-19-16(17(21)25)12-6-4-10(2)8-15(12)31-19/h5,7,9-10H,3-4,6,8H2,1-2H3,(H2,21,25)(H2,22,23,26,30). The molecule has 1 aromatic heterocycles. The zero-order valence-corrected chi connectivity index (χ0v) is 18.7. The average Bonchev–Trinajstić information content (AvgIpc) is 3.04. The molecule has 164 valence electrons. The highest BCUT2D eigenvalue weighted by molar-refractivity contribution is 7.80. The molecule has 1 aromatic carbocycles. The molecule has 0 fully saturated rings. The van der Waals surface area contributed by atoms with Gasteiger partial charge in [0.2, 0.25) is 0 Å². The van der Waals surface area contributed by atoms with E-state index in [9.17, 15) is 19.7 Å². The summed E-state index contributed by atoms with van der Waals surface area (Å²) in [6.07, 6.45) is 2.60. The van der Waals surface area contributed by atoms with Gasteiger partial charge < -0.3 is 15.8 Å². The molecule has 0 radical (unpaired) electrons. The van der Waals surface area contributed by atoms with Crippen molar-refractivity contribution in [2.24, 2.45) is 11.7 Å². The summed E-state index contributed by atoms with van der Waals surface area (Å²) in [7, 11) is 0. The second kappa shape index (κ2) is 9.40. The third-order valence-electron chi connectivity index (χ3n) is 4.93. The van der Waals surface area contributed by atoms with Crippen LogP contribution in [0.3, 0.4) is 0 Å². The minimum Gasteiger partial charge on any atom is -0.487 e. The van der Waals surface area contributed by atoms with Gasteiger partial charge in [0, 0.05) is 16.5 Å². The number of thiocarbonyl (C=S) groups is 1. The van der Waals surface area contributed by atoms with Crippen LogP contribution in [0.15, 0.2) is 18.2 Å². The Bertz CT molecular complexity index is 1070. The van der Waals surface area contributed by atoms with Crippen LogP contribution < -0.4 is 21.1 Å². The molecule has 0 saturated carbocycles. The van der Waals surface area contributed by atoms with Gasteiger partial charge in [-0.15, -0.1) is 11.3 Å². The normalized spacial score (nSPS) is 15.0. The van der Waals surface area contributed by atoms with E-state index in [1.54, 1.807) is 6.92 Å². The Balaban J connectivity index is 1.77. The number of fused-ring (bicyclic) bond motifs is 1. The molecule has 0 saturated heterocycles. The van der Waals surface area contributed by atoms with Gasteiger partial charge >= 0.3 is 5.69 Å². The number of hydrogen-bond acceptors (Lipinski definition) is 7. The smallest absolute Gasteiger partial charge is 0.311 e. The number of nitro groups is 1. The largest absolute Gasteiger partial charge is 0.487 e. The summed E-state index contributed by atoms with van der Waals surface area (Å²) in [5.41, 5.74) is 6.67. The highest BCUT2D eigenvalue weighted by atomic mass is 32.1. The van der Waals surface area contributed by atoms with E-state index in [4.69, 9.17) is 22.7 Å². The van der Waals surface area contributed by atoms with Crippen LogP contribution in [0, 0.1) is 16.0 Å². The van der Waals surface area contributed by atoms with Gasteiger partial charge in [0.05, 0.1) is 17.1 Å². The van der Waals surface area contributed by atoms with E-state index in [0.717, 1.165) is 35.8 Å². The first-order valence-corrected chi connectivity index (χ1v) is 10.9. The molecule has 1 atom stereocenters. The number of primary amides is 1. The van der Waals surface area contributed by atoms with Gasteiger partial charge in [-0.1, -0.05) is 6.92 Å². The Hall–Kier alpha value is -3.05. The molecule has 1 aliphatic carbocycles. The summed E-state index contributed by atoms with van der Waals surface area (Å²) in [5.74, 6) is -0.582. The van der Waals surface area contributed by atoms with Crippen LogP contribution in [-0.2, 0) is 12.8 Å². The molecule has 1 aliphatic rings. The minimum atomic E-state index is -0.626. The van der Waals surface area contributed by atoms with Crippen LogP contribution in [0.1, 0.15) is 51.4 Å². The second-order valence-electron chi connectivity index (χ2n) is 7.20. The van der Waals surface area contributed by atoms with Crippen molar-refractivity contribution in [3.8, 4) is 5.75 Å². The third kappa shape index (κ3) is 5.00. The number of nitrogens with one attached hydrogen (secondary N) is 2. The van der Waals surface area contributed by atoms with Crippen molar-refractivity contribution in [3.05, 3.63) is 49.9 Å². The van der Waals surface area contributed by atoms with Crippen molar-refractivity contribution >= 4 is 51.2 Å². The monoisotopic (exact) mass is 462 g/mol. The van der Waals surface area contributed by atoms with Crippen LogP contribution in [-0.4, -0.2) is 28.5 Å². The molecule has 31 heavy (non-hydrogen) atoms. The number of amides is 2. The Morgan fingerprint density at radius 2 is 2.16 bits per heavy atom. The predicted molar refractivity (Wildman–Crippen MR) is 122 cm³/mol. The van der Waals surface area contributed by atoms with Crippen molar-refractivity contribution in [2.75, 3.05) is 11.9 Å². The molecule has 0 bridgehead atoms. The van der Waals surface area contributed by atoms with Crippen LogP contribution in [0.4, 0.5) is 10.7 Å². The molecule has 2 amide bonds. The molecule has 9 nitrogen and oxygen atoms in total. The summed E-state index contributed by atoms with van der Waals surface area (Å²) in [6.45, 7) is 4.12. The van der Waals surface area contributed by atoms with Crippen molar-refractivity contribution in [2.45, 2.75) is 33.1 Å². The molecule has 0 aliphatic heterocycles. The van der Waals surface area contributed by atoms with Gasteiger partial charge in [-0.3, -0.25) is 25.0 Å². The van der Waals surface area contributed by atoms with Crippen LogP contribution in [0.2, 0.25) is 0 Å². The van der Waals surface area contributed by atoms with Crippen molar-refractivity contribution in [1.82, 2.24) is 5.32 Å². The number of thiophene rings is 1. The molecule has 11 heteroatoms. The maximum Gasteiger partial charge on any atom is 0.311 e. The van der Waals surface area contributed by atoms with Gasteiger partial charge in [-0.25, -0.2) is 0 Å². The molecular weight excluding hydrogens is 440 g/mol. The first kappa shape index (κ1) is 22.6. The summed E-state index contributed by atoms with van der Waals surface area (Å²) < 4.78 is 5.22. The van der Waals surface area contributed by atoms with E-state index in [1.165, 1.54) is 23.5 Å². The number of nitrogens with two attached hydrogens (primary N) is 1. The lowest BCUT2D eigenvalue weighted by Gasteiger charge is -2.18. The Morgan fingerprint density at radius 3 is 2.81 bits per heavy atom. The molecule has 1 unspecified atom stereocenters. The highest BCUT2D eigenvalue weighted by Gasteiger charge is 2.27. The number of carbonyl (C=O) groups is 2. The van der Waals surface area contributed by atoms with E-state index in [1.807, 2.05) is 0 Å². The number of ether oxygens (including phenoxy) is 1. The fourth-order valence-corrected chi connectivity index (χ4v) is 5.17.